The monoisotopic (exact) mass is 901 g/mol. The van der Waals surface area contributed by atoms with Gasteiger partial charge in [-0.15, -0.1) is 0 Å². The minimum absolute atomic E-state index is 0.0758. The summed E-state index contributed by atoms with van der Waals surface area (Å²) in [5.74, 6) is -0.605. The summed E-state index contributed by atoms with van der Waals surface area (Å²) >= 11 is 0. The Bertz CT molecular complexity index is 1290. The van der Waals surface area contributed by atoms with Crippen molar-refractivity contribution >= 4 is 11.9 Å². The molecule has 0 saturated heterocycles. The molecule has 0 saturated carbocycles. The van der Waals surface area contributed by atoms with Gasteiger partial charge in [0, 0.05) is 12.8 Å². The predicted molar refractivity (Wildman–Crippen MR) is 283 cm³/mol. The van der Waals surface area contributed by atoms with Crippen LogP contribution in [0, 0.1) is 0 Å². The normalized spacial score (nSPS) is 13.1. The van der Waals surface area contributed by atoms with Gasteiger partial charge >= 0.3 is 11.9 Å². The summed E-state index contributed by atoms with van der Waals surface area (Å²) < 4.78 is 10.7. The highest BCUT2D eigenvalue weighted by atomic mass is 16.6. The molecule has 0 rings (SSSR count). The van der Waals surface area contributed by atoms with Crippen molar-refractivity contribution in [2.24, 2.45) is 0 Å². The van der Waals surface area contributed by atoms with E-state index in [0.717, 1.165) is 96.3 Å². The Morgan fingerprint density at radius 1 is 0.369 bits per heavy atom. The number of hydrogen-bond acceptors (Lipinski definition) is 5. The molecular weight excluding hydrogens is 801 g/mol. The summed E-state index contributed by atoms with van der Waals surface area (Å²) in [4.78, 5) is 24.5. The van der Waals surface area contributed by atoms with E-state index in [-0.39, 0.29) is 25.2 Å². The highest BCUT2D eigenvalue weighted by molar-refractivity contribution is 5.70. The largest absolute Gasteiger partial charge is 0.462 e. The Kier molecular flexibility index (Phi) is 52.0. The van der Waals surface area contributed by atoms with E-state index in [1.807, 2.05) is 0 Å². The molecule has 65 heavy (non-hydrogen) atoms. The average molecular weight is 901 g/mol. The highest BCUT2D eigenvalue weighted by Gasteiger charge is 2.16. The van der Waals surface area contributed by atoms with Crippen molar-refractivity contribution in [3.05, 3.63) is 109 Å². The molecule has 370 valence electrons. The molecule has 0 spiro atoms. The lowest BCUT2D eigenvalue weighted by atomic mass is 10.0. The van der Waals surface area contributed by atoms with Crippen LogP contribution in [0.3, 0.4) is 0 Å². The lowest BCUT2D eigenvalue weighted by Crippen LogP contribution is -2.28. The van der Waals surface area contributed by atoms with E-state index in [4.69, 9.17) is 9.47 Å². The molecule has 1 unspecified atom stereocenters. The number of carbonyl (C=O) groups is 2. The third-order valence-electron chi connectivity index (χ3n) is 11.3. The van der Waals surface area contributed by atoms with Crippen LogP contribution in [0.2, 0.25) is 0 Å². The van der Waals surface area contributed by atoms with Crippen LogP contribution in [0.15, 0.2) is 109 Å². The van der Waals surface area contributed by atoms with Gasteiger partial charge in [-0.1, -0.05) is 232 Å². The maximum Gasteiger partial charge on any atom is 0.306 e. The van der Waals surface area contributed by atoms with Gasteiger partial charge in [-0.2, -0.15) is 0 Å². The number of carbonyl (C=O) groups excluding carboxylic acids is 2. The number of aliphatic hydroxyl groups is 1. The maximum atomic E-state index is 12.3. The first-order valence-corrected chi connectivity index (χ1v) is 26.9. The number of allylic oxidation sites excluding steroid dienone is 18. The second-order valence-electron chi connectivity index (χ2n) is 17.6. The van der Waals surface area contributed by atoms with Crippen molar-refractivity contribution in [3.8, 4) is 0 Å². The second kappa shape index (κ2) is 54.9. The van der Waals surface area contributed by atoms with Crippen molar-refractivity contribution in [3.63, 3.8) is 0 Å². The summed E-state index contributed by atoms with van der Waals surface area (Å²) in [5, 5.41) is 9.64. The molecule has 5 nitrogen and oxygen atoms in total. The van der Waals surface area contributed by atoms with Gasteiger partial charge in [0.15, 0.2) is 6.10 Å². The molecule has 0 aromatic heterocycles. The van der Waals surface area contributed by atoms with Gasteiger partial charge in [0.2, 0.25) is 0 Å². The number of hydrogen-bond donors (Lipinski definition) is 1. The Labute approximate surface area is 401 Å². The van der Waals surface area contributed by atoms with E-state index in [1.54, 1.807) is 0 Å². The molecule has 1 N–H and O–H groups in total. The van der Waals surface area contributed by atoms with E-state index in [0.29, 0.717) is 12.8 Å². The van der Waals surface area contributed by atoms with Gasteiger partial charge in [0.05, 0.1) is 6.61 Å². The zero-order chi connectivity index (χ0) is 47.0. The third kappa shape index (κ3) is 53.1. The molecule has 0 aliphatic carbocycles. The van der Waals surface area contributed by atoms with Crippen LogP contribution in [0.4, 0.5) is 0 Å². The van der Waals surface area contributed by atoms with Crippen molar-refractivity contribution < 1.29 is 24.2 Å². The fourth-order valence-corrected chi connectivity index (χ4v) is 7.27. The van der Waals surface area contributed by atoms with Crippen LogP contribution in [0.25, 0.3) is 0 Å². The molecule has 1 atom stereocenters. The van der Waals surface area contributed by atoms with Crippen LogP contribution in [-0.4, -0.2) is 36.4 Å². The van der Waals surface area contributed by atoms with Crippen molar-refractivity contribution in [1.82, 2.24) is 0 Å². The summed E-state index contributed by atoms with van der Waals surface area (Å²) in [6, 6.07) is 0. The van der Waals surface area contributed by atoms with E-state index >= 15 is 0 Å². The molecule has 5 heteroatoms. The van der Waals surface area contributed by atoms with Gasteiger partial charge in [-0.05, 0) is 103 Å². The minimum Gasteiger partial charge on any atom is -0.462 e. The van der Waals surface area contributed by atoms with E-state index in [9.17, 15) is 14.7 Å². The Hall–Kier alpha value is -3.44. The molecule has 0 aromatic rings. The number of rotatable bonds is 48. The highest BCUT2D eigenvalue weighted by Crippen LogP contribution is 2.14. The van der Waals surface area contributed by atoms with Crippen LogP contribution in [-0.2, 0) is 19.1 Å². The summed E-state index contributed by atoms with van der Waals surface area (Å²) in [5.41, 5.74) is 0. The zero-order valence-electron chi connectivity index (χ0n) is 42.2. The lowest BCUT2D eigenvalue weighted by molar-refractivity contribution is -0.161. The van der Waals surface area contributed by atoms with Crippen LogP contribution >= 0.6 is 0 Å². The van der Waals surface area contributed by atoms with Crippen LogP contribution in [0.1, 0.15) is 239 Å². The van der Waals surface area contributed by atoms with Crippen molar-refractivity contribution in [2.75, 3.05) is 13.2 Å². The van der Waals surface area contributed by atoms with E-state index < -0.39 is 6.10 Å². The summed E-state index contributed by atoms with van der Waals surface area (Å²) in [6.07, 6.45) is 79.0. The number of ether oxygens (including phenoxy) is 2. The number of unbranched alkanes of at least 4 members (excludes halogenated alkanes) is 22. The summed E-state index contributed by atoms with van der Waals surface area (Å²) in [6.45, 7) is 4.00. The fourth-order valence-electron chi connectivity index (χ4n) is 7.27. The Morgan fingerprint density at radius 2 is 0.662 bits per heavy atom. The minimum atomic E-state index is -0.784. The molecular formula is C60H100O5. The molecule has 0 aromatic carbocycles. The smallest absolute Gasteiger partial charge is 0.306 e. The van der Waals surface area contributed by atoms with Gasteiger partial charge in [-0.25, -0.2) is 0 Å². The van der Waals surface area contributed by atoms with Crippen molar-refractivity contribution in [1.29, 1.82) is 0 Å². The van der Waals surface area contributed by atoms with Gasteiger partial charge in [-0.3, -0.25) is 9.59 Å². The Balaban J connectivity index is 3.56. The van der Waals surface area contributed by atoms with Crippen LogP contribution in [0.5, 0.6) is 0 Å². The quantitative estimate of drug-likeness (QED) is 0.0374. The Morgan fingerprint density at radius 3 is 1.00 bits per heavy atom. The fraction of sp³-hybridized carbons (Fsp3) is 0.667. The molecule has 0 heterocycles. The zero-order valence-corrected chi connectivity index (χ0v) is 42.2. The predicted octanol–water partition coefficient (Wildman–Crippen LogP) is 18.1. The lowest BCUT2D eigenvalue weighted by Gasteiger charge is -2.15. The molecule has 0 amide bonds. The maximum absolute atomic E-state index is 12.3. The van der Waals surface area contributed by atoms with E-state index in [2.05, 4.69) is 123 Å². The summed E-state index contributed by atoms with van der Waals surface area (Å²) in [7, 11) is 0. The third-order valence-corrected chi connectivity index (χ3v) is 11.3. The van der Waals surface area contributed by atoms with Crippen LogP contribution < -0.4 is 0 Å². The standard InChI is InChI=1S/C60H100O5/c1-3-5-7-9-11-13-15-17-19-21-23-24-25-26-27-28-29-30-31-32-33-34-35-36-37-39-41-43-45-47-49-51-53-55-60(63)65-58(56-61)57-64-59(62)54-52-50-48-46-44-42-40-38-22-20-18-16-14-12-10-8-6-4-2/h5,7,11,13-14,16-17,19-20,22-24,26-27,29-30,32-33,58,61H,3-4,6,8-10,12,15,18,21,25,28,31,34-57H2,1-2H3/b7-5-,13-11-,16-14-,19-17-,22-20-,24-23-,27-26-,30-29-,33-32-. The number of esters is 2. The molecule has 0 bridgehead atoms. The van der Waals surface area contributed by atoms with E-state index in [1.165, 1.54) is 116 Å². The first kappa shape index (κ1) is 61.6. The first-order chi connectivity index (χ1) is 32.1. The molecule has 0 fully saturated rings. The van der Waals surface area contributed by atoms with Gasteiger partial charge in [0.25, 0.3) is 0 Å². The number of aliphatic hydroxyl groups excluding tert-OH is 1. The second-order valence-corrected chi connectivity index (χ2v) is 17.6. The van der Waals surface area contributed by atoms with Gasteiger partial charge in [0.1, 0.15) is 6.61 Å². The topological polar surface area (TPSA) is 72.8 Å². The molecule has 0 aliphatic heterocycles. The van der Waals surface area contributed by atoms with Crippen molar-refractivity contribution in [2.45, 2.75) is 245 Å². The SMILES string of the molecule is CC/C=C\C/C=C\C/C=C\C/C=C\C/C=C\C/C=C\C/C=C\CCCCCCCCCCCCCC(=O)OC(CO)COC(=O)CCCCCCCCC/C=C\C/C=C\CCCCCC. The molecule has 0 radical (unpaired) electrons. The first-order valence-electron chi connectivity index (χ1n) is 26.9. The average Bonchev–Trinajstić information content (AvgIpc) is 3.31. The van der Waals surface area contributed by atoms with Gasteiger partial charge < -0.3 is 14.6 Å². The molecule has 0 aliphatic rings.